The average Bonchev–Trinajstić information content (AvgIpc) is 2.90. The molecule has 0 spiro atoms. The highest BCUT2D eigenvalue weighted by molar-refractivity contribution is 6.05. The number of rotatable bonds is 6. The van der Waals surface area contributed by atoms with Gasteiger partial charge in [-0.3, -0.25) is 4.79 Å². The molecule has 1 aromatic heterocycles. The number of fused-ring (bicyclic) bond motifs is 1. The zero-order valence-corrected chi connectivity index (χ0v) is 16.0. The Morgan fingerprint density at radius 3 is 2.58 bits per heavy atom. The second-order valence-corrected chi connectivity index (χ2v) is 6.34. The largest absolute Gasteiger partial charge is 0.369 e. The maximum absolute atomic E-state index is 12.5. The van der Waals surface area contributed by atoms with Crippen LogP contribution in [-0.4, -0.2) is 15.5 Å². The van der Waals surface area contributed by atoms with Gasteiger partial charge in [-0.15, -0.1) is 12.4 Å². The van der Waals surface area contributed by atoms with Crippen LogP contribution < -0.4 is 11.1 Å². The van der Waals surface area contributed by atoms with E-state index in [0.29, 0.717) is 11.5 Å². The van der Waals surface area contributed by atoms with Crippen LogP contribution in [0.15, 0.2) is 42.5 Å². The molecule has 0 saturated heterocycles. The molecule has 0 saturated carbocycles. The minimum absolute atomic E-state index is 0. The molecule has 0 radical (unpaired) electrons. The maximum atomic E-state index is 12.5. The fourth-order valence-corrected chi connectivity index (χ4v) is 2.89. The lowest BCUT2D eigenvalue weighted by atomic mass is 10.1. The Kier molecular flexibility index (Phi) is 6.64. The van der Waals surface area contributed by atoms with Crippen molar-refractivity contribution in [2.75, 3.05) is 11.1 Å². The fraction of sp³-hybridized carbons (Fsp3) is 0.300. The van der Waals surface area contributed by atoms with Gasteiger partial charge in [0.15, 0.2) is 0 Å². The molecule has 3 rings (SSSR count). The number of nitrogens with one attached hydrogen (secondary N) is 1. The van der Waals surface area contributed by atoms with Crippen LogP contribution in [0.5, 0.6) is 0 Å². The zero-order chi connectivity index (χ0) is 17.8. The minimum Gasteiger partial charge on any atom is -0.369 e. The van der Waals surface area contributed by atoms with Crippen molar-refractivity contribution in [3.63, 3.8) is 0 Å². The zero-order valence-electron chi connectivity index (χ0n) is 15.2. The first-order valence-corrected chi connectivity index (χ1v) is 8.70. The van der Waals surface area contributed by atoms with Crippen LogP contribution in [0.2, 0.25) is 0 Å². The summed E-state index contributed by atoms with van der Waals surface area (Å²) in [4.78, 5) is 16.7. The quantitative estimate of drug-likeness (QED) is 0.623. The number of halogens is 1. The highest BCUT2D eigenvalue weighted by Crippen LogP contribution is 2.21. The molecule has 3 aromatic rings. The summed E-state index contributed by atoms with van der Waals surface area (Å²) in [7, 11) is 1.85. The molecule has 1 heterocycles. The number of anilines is 2. The first-order valence-electron chi connectivity index (χ1n) is 8.70. The lowest BCUT2D eigenvalue weighted by Crippen LogP contribution is -2.11. The van der Waals surface area contributed by atoms with Gasteiger partial charge in [-0.05, 0) is 48.7 Å². The Labute approximate surface area is 160 Å². The van der Waals surface area contributed by atoms with Crippen molar-refractivity contribution in [1.82, 2.24) is 9.55 Å². The second kappa shape index (κ2) is 8.72. The summed E-state index contributed by atoms with van der Waals surface area (Å²) in [6.45, 7) is 2.20. The van der Waals surface area contributed by atoms with Crippen LogP contribution in [0, 0.1) is 0 Å². The molecule has 0 aliphatic carbocycles. The number of aryl methyl sites for hydroxylation is 2. The Morgan fingerprint density at radius 2 is 1.88 bits per heavy atom. The highest BCUT2D eigenvalue weighted by Gasteiger charge is 2.09. The molecular formula is C20H25ClN4O. The Bertz CT molecular complexity index is 887. The van der Waals surface area contributed by atoms with E-state index in [-0.39, 0.29) is 18.3 Å². The standard InChI is InChI=1S/C20H24N4O.ClH/c1-3-4-5-6-14-7-9-15(10-8-14)19(25)22-16-11-12-17-18(13-16)24(2)20(21)23-17;/h7-13H,3-6H2,1-2H3,(H2,21,23)(H,22,25);1H. The van der Waals surface area contributed by atoms with Crippen LogP contribution in [0.3, 0.4) is 0 Å². The van der Waals surface area contributed by atoms with Crippen LogP contribution in [0.25, 0.3) is 11.0 Å². The van der Waals surface area contributed by atoms with Crippen LogP contribution in [-0.2, 0) is 13.5 Å². The second-order valence-electron chi connectivity index (χ2n) is 6.34. The van der Waals surface area contributed by atoms with E-state index in [4.69, 9.17) is 5.73 Å². The van der Waals surface area contributed by atoms with Gasteiger partial charge >= 0.3 is 0 Å². The first kappa shape index (κ1) is 19.8. The van der Waals surface area contributed by atoms with Gasteiger partial charge in [-0.1, -0.05) is 31.9 Å². The predicted octanol–water partition coefficient (Wildman–Crippen LogP) is 4.56. The number of unbranched alkanes of at least 4 members (excludes halogenated alkanes) is 2. The van der Waals surface area contributed by atoms with E-state index in [9.17, 15) is 4.79 Å². The summed E-state index contributed by atoms with van der Waals surface area (Å²) in [6, 6.07) is 13.4. The van der Waals surface area contributed by atoms with Gasteiger partial charge in [0.1, 0.15) is 0 Å². The van der Waals surface area contributed by atoms with E-state index in [1.54, 1.807) is 4.57 Å². The Balaban J connectivity index is 0.00000243. The highest BCUT2D eigenvalue weighted by atomic mass is 35.5. The number of nitrogen functional groups attached to an aromatic ring is 1. The van der Waals surface area contributed by atoms with Crippen molar-refractivity contribution in [3.8, 4) is 0 Å². The number of aromatic nitrogens is 2. The van der Waals surface area contributed by atoms with Gasteiger partial charge < -0.3 is 15.6 Å². The molecule has 0 atom stereocenters. The van der Waals surface area contributed by atoms with E-state index in [1.165, 1.54) is 24.8 Å². The molecule has 0 aliphatic rings. The molecule has 0 fully saturated rings. The van der Waals surface area contributed by atoms with Gasteiger partial charge in [0.2, 0.25) is 5.95 Å². The van der Waals surface area contributed by atoms with Gasteiger partial charge in [-0.25, -0.2) is 4.98 Å². The molecule has 5 nitrogen and oxygen atoms in total. The summed E-state index contributed by atoms with van der Waals surface area (Å²) < 4.78 is 1.80. The van der Waals surface area contributed by atoms with Gasteiger partial charge in [-0.2, -0.15) is 0 Å². The van der Waals surface area contributed by atoms with Crippen molar-refractivity contribution in [2.24, 2.45) is 7.05 Å². The number of nitrogens with zero attached hydrogens (tertiary/aromatic N) is 2. The van der Waals surface area contributed by atoms with Gasteiger partial charge in [0, 0.05) is 18.3 Å². The predicted molar refractivity (Wildman–Crippen MR) is 110 cm³/mol. The monoisotopic (exact) mass is 372 g/mol. The van der Waals surface area contributed by atoms with Gasteiger partial charge in [0.05, 0.1) is 11.0 Å². The number of carbonyl (C=O) groups excluding carboxylic acids is 1. The van der Waals surface area contributed by atoms with E-state index in [2.05, 4.69) is 17.2 Å². The van der Waals surface area contributed by atoms with Crippen LogP contribution in [0.1, 0.15) is 42.1 Å². The van der Waals surface area contributed by atoms with Crippen molar-refractivity contribution >= 4 is 41.0 Å². The molecule has 6 heteroatoms. The Hall–Kier alpha value is -2.53. The molecule has 2 aromatic carbocycles. The van der Waals surface area contributed by atoms with Crippen molar-refractivity contribution in [3.05, 3.63) is 53.6 Å². The number of carbonyl (C=O) groups is 1. The van der Waals surface area contributed by atoms with Crippen molar-refractivity contribution < 1.29 is 4.79 Å². The number of imidazole rings is 1. The summed E-state index contributed by atoms with van der Waals surface area (Å²) in [5, 5.41) is 2.94. The molecule has 0 aliphatic heterocycles. The summed E-state index contributed by atoms with van der Waals surface area (Å²) >= 11 is 0. The molecule has 0 bridgehead atoms. The summed E-state index contributed by atoms with van der Waals surface area (Å²) in [5.41, 5.74) is 10.2. The van der Waals surface area contributed by atoms with Crippen molar-refractivity contribution in [1.29, 1.82) is 0 Å². The van der Waals surface area contributed by atoms with Gasteiger partial charge in [0.25, 0.3) is 5.91 Å². The average molecular weight is 373 g/mol. The van der Waals surface area contributed by atoms with E-state index in [1.807, 2.05) is 49.5 Å². The molecule has 3 N–H and O–H groups in total. The normalized spacial score (nSPS) is 10.5. The van der Waals surface area contributed by atoms with E-state index >= 15 is 0 Å². The minimum atomic E-state index is -0.116. The summed E-state index contributed by atoms with van der Waals surface area (Å²) in [5.74, 6) is 0.340. The van der Waals surface area contributed by atoms with Crippen LogP contribution >= 0.6 is 12.4 Å². The number of hydrogen-bond donors (Lipinski definition) is 2. The van der Waals surface area contributed by atoms with E-state index < -0.39 is 0 Å². The third-order valence-corrected chi connectivity index (χ3v) is 4.46. The fourth-order valence-electron chi connectivity index (χ4n) is 2.89. The number of benzene rings is 2. The SMILES string of the molecule is CCCCCc1ccc(C(=O)Nc2ccc3nc(N)n(C)c3c2)cc1.Cl. The van der Waals surface area contributed by atoms with Crippen LogP contribution in [0.4, 0.5) is 11.6 Å². The summed E-state index contributed by atoms with van der Waals surface area (Å²) in [6.07, 6.45) is 4.71. The lowest BCUT2D eigenvalue weighted by molar-refractivity contribution is 0.102. The molecule has 0 unspecified atom stereocenters. The first-order chi connectivity index (χ1) is 12.1. The number of hydrogen-bond acceptors (Lipinski definition) is 3. The van der Waals surface area contributed by atoms with E-state index in [0.717, 1.165) is 23.1 Å². The molecule has 26 heavy (non-hydrogen) atoms. The number of nitrogens with two attached hydrogens (primary N) is 1. The maximum Gasteiger partial charge on any atom is 0.255 e. The molecule has 1 amide bonds. The molecule has 138 valence electrons. The smallest absolute Gasteiger partial charge is 0.255 e. The lowest BCUT2D eigenvalue weighted by Gasteiger charge is -2.07. The Morgan fingerprint density at radius 1 is 1.15 bits per heavy atom. The third kappa shape index (κ3) is 4.35. The third-order valence-electron chi connectivity index (χ3n) is 4.46. The molecular weight excluding hydrogens is 348 g/mol. The van der Waals surface area contributed by atoms with Crippen molar-refractivity contribution in [2.45, 2.75) is 32.6 Å². The number of amides is 1. The topological polar surface area (TPSA) is 72.9 Å².